The number of aryl methyl sites for hydroxylation is 2. The summed E-state index contributed by atoms with van der Waals surface area (Å²) in [5.41, 5.74) is 1.51. The van der Waals surface area contributed by atoms with Gasteiger partial charge in [0.05, 0.1) is 11.0 Å². The molecule has 0 bridgehead atoms. The second-order valence-corrected chi connectivity index (χ2v) is 4.67. The molecule has 4 heteroatoms. The number of hydrogen-bond acceptors (Lipinski definition) is 2. The van der Waals surface area contributed by atoms with Crippen LogP contribution in [0.25, 0.3) is 0 Å². The fraction of sp³-hybridized carbons (Fsp3) is 0.385. The minimum Gasteiger partial charge on any atom is -0.481 e. The third-order valence-electron chi connectivity index (χ3n) is 3.48. The molecule has 0 amide bonds. The maximum atomic E-state index is 11.3. The number of carboxylic acid groups (broad SMARTS) is 2. The van der Waals surface area contributed by atoms with E-state index in [2.05, 4.69) is 0 Å². The standard InChI is InChI=1S/C13H14O4/c1-7-5-8(2)10(6-9(7)11(14)15)13(3-4-13)12(16)17/h5-6H,3-4H2,1-2H3,(H,14,15)(H,16,17). The van der Waals surface area contributed by atoms with E-state index in [9.17, 15) is 14.7 Å². The molecule has 90 valence electrons. The highest BCUT2D eigenvalue weighted by Crippen LogP contribution is 2.49. The van der Waals surface area contributed by atoms with Gasteiger partial charge in [-0.2, -0.15) is 0 Å². The first-order valence-corrected chi connectivity index (χ1v) is 5.47. The molecule has 4 nitrogen and oxygen atoms in total. The number of aromatic carboxylic acids is 1. The van der Waals surface area contributed by atoms with Gasteiger partial charge in [0.25, 0.3) is 0 Å². The van der Waals surface area contributed by atoms with Crippen LogP contribution in [0.5, 0.6) is 0 Å². The van der Waals surface area contributed by atoms with Crippen molar-refractivity contribution in [2.75, 3.05) is 0 Å². The van der Waals surface area contributed by atoms with Crippen LogP contribution in [0.15, 0.2) is 12.1 Å². The Bertz CT molecular complexity index is 512. The largest absolute Gasteiger partial charge is 0.481 e. The Kier molecular flexibility index (Phi) is 2.45. The molecule has 0 spiro atoms. The zero-order valence-electron chi connectivity index (χ0n) is 9.78. The molecule has 2 rings (SSSR count). The number of rotatable bonds is 3. The van der Waals surface area contributed by atoms with Gasteiger partial charge in [0.15, 0.2) is 0 Å². The van der Waals surface area contributed by atoms with Gasteiger partial charge in [-0.1, -0.05) is 6.07 Å². The van der Waals surface area contributed by atoms with E-state index in [1.54, 1.807) is 13.0 Å². The van der Waals surface area contributed by atoms with Crippen LogP contribution in [0, 0.1) is 13.8 Å². The van der Waals surface area contributed by atoms with Crippen LogP contribution >= 0.6 is 0 Å². The molecule has 1 fully saturated rings. The lowest BCUT2D eigenvalue weighted by atomic mass is 9.88. The smallest absolute Gasteiger partial charge is 0.335 e. The van der Waals surface area contributed by atoms with Gasteiger partial charge in [0, 0.05) is 0 Å². The van der Waals surface area contributed by atoms with E-state index in [4.69, 9.17) is 5.11 Å². The molecule has 0 saturated heterocycles. The molecule has 1 aromatic rings. The van der Waals surface area contributed by atoms with Gasteiger partial charge in [0.2, 0.25) is 0 Å². The van der Waals surface area contributed by atoms with Crippen molar-refractivity contribution >= 4 is 11.9 Å². The number of benzene rings is 1. The zero-order chi connectivity index (χ0) is 12.8. The second-order valence-electron chi connectivity index (χ2n) is 4.67. The fourth-order valence-corrected chi connectivity index (χ4v) is 2.32. The Labute approximate surface area is 98.9 Å². The predicted octanol–water partition coefficient (Wildman–Crippen LogP) is 2.12. The molecule has 0 radical (unpaired) electrons. The van der Waals surface area contributed by atoms with Crippen molar-refractivity contribution < 1.29 is 19.8 Å². The first-order valence-electron chi connectivity index (χ1n) is 5.47. The quantitative estimate of drug-likeness (QED) is 0.840. The monoisotopic (exact) mass is 234 g/mol. The van der Waals surface area contributed by atoms with Gasteiger partial charge in [-0.3, -0.25) is 4.79 Å². The maximum Gasteiger partial charge on any atom is 0.335 e. The Morgan fingerprint density at radius 2 is 1.71 bits per heavy atom. The number of hydrogen-bond donors (Lipinski definition) is 2. The molecule has 0 heterocycles. The minimum absolute atomic E-state index is 0.193. The van der Waals surface area contributed by atoms with Crippen molar-refractivity contribution in [2.24, 2.45) is 0 Å². The summed E-state index contributed by atoms with van der Waals surface area (Å²) in [6.45, 7) is 3.55. The fourth-order valence-electron chi connectivity index (χ4n) is 2.32. The summed E-state index contributed by atoms with van der Waals surface area (Å²) in [5.74, 6) is -1.87. The van der Waals surface area contributed by atoms with Crippen molar-refractivity contribution in [3.8, 4) is 0 Å². The lowest BCUT2D eigenvalue weighted by molar-refractivity contribution is -0.140. The highest BCUT2D eigenvalue weighted by atomic mass is 16.4. The van der Waals surface area contributed by atoms with E-state index < -0.39 is 17.4 Å². The summed E-state index contributed by atoms with van der Waals surface area (Å²) < 4.78 is 0. The predicted molar refractivity (Wildman–Crippen MR) is 61.4 cm³/mol. The SMILES string of the molecule is Cc1cc(C)c(C2(C(=O)O)CC2)cc1C(=O)O. The molecule has 0 aliphatic heterocycles. The van der Waals surface area contributed by atoms with Crippen LogP contribution in [0.1, 0.15) is 39.9 Å². The van der Waals surface area contributed by atoms with Gasteiger partial charge < -0.3 is 10.2 Å². The van der Waals surface area contributed by atoms with E-state index in [0.717, 1.165) is 5.56 Å². The Hall–Kier alpha value is -1.84. The molecule has 1 aliphatic rings. The van der Waals surface area contributed by atoms with Gasteiger partial charge in [0.1, 0.15) is 0 Å². The van der Waals surface area contributed by atoms with Crippen LogP contribution in [0.3, 0.4) is 0 Å². The second kappa shape index (κ2) is 3.58. The normalized spacial score (nSPS) is 16.6. The molecule has 17 heavy (non-hydrogen) atoms. The first kappa shape index (κ1) is 11.6. The van der Waals surface area contributed by atoms with Gasteiger partial charge in [-0.15, -0.1) is 0 Å². The van der Waals surface area contributed by atoms with Gasteiger partial charge in [-0.25, -0.2) is 4.79 Å². The highest BCUT2D eigenvalue weighted by Gasteiger charge is 2.52. The summed E-state index contributed by atoms with van der Waals surface area (Å²) in [6, 6.07) is 3.27. The summed E-state index contributed by atoms with van der Waals surface area (Å²) in [4.78, 5) is 22.3. The van der Waals surface area contributed by atoms with Crippen molar-refractivity contribution in [1.82, 2.24) is 0 Å². The summed E-state index contributed by atoms with van der Waals surface area (Å²) in [5, 5.41) is 18.3. The molecule has 1 aliphatic carbocycles. The zero-order valence-corrected chi connectivity index (χ0v) is 9.78. The number of carbonyl (C=O) groups is 2. The van der Waals surface area contributed by atoms with E-state index in [1.165, 1.54) is 6.07 Å². The molecule has 0 unspecified atom stereocenters. The van der Waals surface area contributed by atoms with Crippen LogP contribution in [-0.2, 0) is 10.2 Å². The average molecular weight is 234 g/mol. The van der Waals surface area contributed by atoms with Crippen LogP contribution in [0.4, 0.5) is 0 Å². The Morgan fingerprint density at radius 1 is 1.12 bits per heavy atom. The van der Waals surface area contributed by atoms with E-state index in [-0.39, 0.29) is 5.56 Å². The summed E-state index contributed by atoms with van der Waals surface area (Å²) in [7, 11) is 0. The molecular weight excluding hydrogens is 220 g/mol. The lowest BCUT2D eigenvalue weighted by Gasteiger charge is -2.15. The van der Waals surface area contributed by atoms with E-state index in [1.807, 2.05) is 6.92 Å². The molecule has 0 aromatic heterocycles. The Morgan fingerprint density at radius 3 is 2.12 bits per heavy atom. The minimum atomic E-state index is -1.01. The molecule has 2 N–H and O–H groups in total. The van der Waals surface area contributed by atoms with Gasteiger partial charge in [-0.05, 0) is 49.4 Å². The van der Waals surface area contributed by atoms with E-state index >= 15 is 0 Å². The van der Waals surface area contributed by atoms with Gasteiger partial charge >= 0.3 is 11.9 Å². The molecular formula is C13H14O4. The summed E-state index contributed by atoms with van der Waals surface area (Å²) >= 11 is 0. The van der Waals surface area contributed by atoms with Crippen molar-refractivity contribution in [1.29, 1.82) is 0 Å². The molecule has 0 atom stereocenters. The summed E-state index contributed by atoms with van der Waals surface area (Å²) in [6.07, 6.45) is 1.18. The Balaban J connectivity index is 2.59. The van der Waals surface area contributed by atoms with Crippen molar-refractivity contribution in [2.45, 2.75) is 32.1 Å². The maximum absolute atomic E-state index is 11.3. The van der Waals surface area contributed by atoms with Crippen LogP contribution in [-0.4, -0.2) is 22.2 Å². The topological polar surface area (TPSA) is 74.6 Å². The number of carboxylic acids is 2. The third kappa shape index (κ3) is 1.69. The van der Waals surface area contributed by atoms with Crippen molar-refractivity contribution in [3.63, 3.8) is 0 Å². The van der Waals surface area contributed by atoms with Crippen LogP contribution < -0.4 is 0 Å². The average Bonchev–Trinajstić information content (AvgIpc) is 2.97. The number of aliphatic carboxylic acids is 1. The van der Waals surface area contributed by atoms with Crippen molar-refractivity contribution in [3.05, 3.63) is 34.4 Å². The first-order chi connectivity index (χ1) is 7.88. The van der Waals surface area contributed by atoms with E-state index in [0.29, 0.717) is 24.0 Å². The molecule has 1 aromatic carbocycles. The third-order valence-corrected chi connectivity index (χ3v) is 3.48. The highest BCUT2D eigenvalue weighted by molar-refractivity contribution is 5.92. The van der Waals surface area contributed by atoms with Crippen LogP contribution in [0.2, 0.25) is 0 Å². The molecule has 1 saturated carbocycles. The lowest BCUT2D eigenvalue weighted by Crippen LogP contribution is -2.21.